The molecule has 0 radical (unpaired) electrons. The van der Waals surface area contributed by atoms with Gasteiger partial charge in [0.2, 0.25) is 5.91 Å². The molecule has 0 aromatic heterocycles. The predicted octanol–water partition coefficient (Wildman–Crippen LogP) is 3.32. The Morgan fingerprint density at radius 2 is 1.70 bits per heavy atom. The predicted molar refractivity (Wildman–Crippen MR) is 86.3 cm³/mol. The van der Waals surface area contributed by atoms with Crippen molar-refractivity contribution in [1.29, 1.82) is 0 Å². The molecule has 7 heteroatoms. The number of hydrogen-bond donors (Lipinski definition) is 2. The second-order valence-corrected chi connectivity index (χ2v) is 5.07. The molecule has 2 N–H and O–H groups in total. The molecule has 2 aromatic rings. The first-order valence-electron chi connectivity index (χ1n) is 6.65. The Bertz CT molecular complexity index is 720. The van der Waals surface area contributed by atoms with Crippen molar-refractivity contribution in [2.75, 3.05) is 24.4 Å². The van der Waals surface area contributed by atoms with Crippen LogP contribution < -0.4 is 10.6 Å². The third-order valence-corrected chi connectivity index (χ3v) is 3.11. The first kappa shape index (κ1) is 16.9. The average molecular weight is 337 g/mol. The Hall–Kier alpha value is -2.44. The maximum atomic E-state index is 13.6. The van der Waals surface area contributed by atoms with E-state index in [0.717, 1.165) is 6.07 Å². The smallest absolute Gasteiger partial charge is 0.258 e. The van der Waals surface area contributed by atoms with Crippen LogP contribution in [0.3, 0.4) is 0 Å². The number of rotatable bonds is 5. The minimum atomic E-state index is -0.657. The SMILES string of the molecule is COCC(=O)Nc1ccc(NC(=O)c2cc(Cl)ccc2F)cc1. The lowest BCUT2D eigenvalue weighted by Gasteiger charge is -2.08. The van der Waals surface area contributed by atoms with Crippen LogP contribution in [0.15, 0.2) is 42.5 Å². The fraction of sp³-hybridized carbons (Fsp3) is 0.125. The maximum Gasteiger partial charge on any atom is 0.258 e. The molecule has 5 nitrogen and oxygen atoms in total. The molecule has 2 rings (SSSR count). The maximum absolute atomic E-state index is 13.6. The van der Waals surface area contributed by atoms with Crippen molar-refractivity contribution in [2.24, 2.45) is 0 Å². The van der Waals surface area contributed by atoms with Crippen LogP contribution in [0, 0.1) is 5.82 Å². The normalized spacial score (nSPS) is 10.2. The lowest BCUT2D eigenvalue weighted by Crippen LogP contribution is -2.17. The van der Waals surface area contributed by atoms with E-state index >= 15 is 0 Å². The van der Waals surface area contributed by atoms with Crippen LogP contribution in [0.2, 0.25) is 5.02 Å². The second-order valence-electron chi connectivity index (χ2n) is 4.64. The number of hydrogen-bond acceptors (Lipinski definition) is 3. The summed E-state index contributed by atoms with van der Waals surface area (Å²) in [7, 11) is 1.42. The number of carbonyl (C=O) groups is 2. The van der Waals surface area contributed by atoms with E-state index in [1.165, 1.54) is 19.2 Å². The summed E-state index contributed by atoms with van der Waals surface area (Å²) >= 11 is 5.76. The van der Waals surface area contributed by atoms with Gasteiger partial charge in [-0.15, -0.1) is 0 Å². The van der Waals surface area contributed by atoms with Gasteiger partial charge >= 0.3 is 0 Å². The summed E-state index contributed by atoms with van der Waals surface area (Å²) in [5.74, 6) is -1.55. The minimum absolute atomic E-state index is 0.0491. The van der Waals surface area contributed by atoms with Gasteiger partial charge in [0, 0.05) is 23.5 Å². The van der Waals surface area contributed by atoms with Gasteiger partial charge in [-0.05, 0) is 42.5 Å². The van der Waals surface area contributed by atoms with Crippen molar-refractivity contribution in [2.45, 2.75) is 0 Å². The van der Waals surface area contributed by atoms with Gasteiger partial charge in [0.25, 0.3) is 5.91 Å². The molecule has 2 aromatic carbocycles. The molecule has 0 saturated heterocycles. The molecule has 0 unspecified atom stereocenters. The van der Waals surface area contributed by atoms with E-state index in [1.807, 2.05) is 0 Å². The van der Waals surface area contributed by atoms with Gasteiger partial charge in [-0.2, -0.15) is 0 Å². The summed E-state index contributed by atoms with van der Waals surface area (Å²) in [6, 6.07) is 10.1. The molecular formula is C16H14ClFN2O3. The Morgan fingerprint density at radius 3 is 2.30 bits per heavy atom. The molecule has 23 heavy (non-hydrogen) atoms. The second kappa shape index (κ2) is 7.71. The summed E-state index contributed by atoms with van der Waals surface area (Å²) in [5, 5.41) is 5.45. The minimum Gasteiger partial charge on any atom is -0.375 e. The van der Waals surface area contributed by atoms with Gasteiger partial charge in [0.15, 0.2) is 0 Å². The molecule has 2 amide bonds. The fourth-order valence-electron chi connectivity index (χ4n) is 1.83. The molecule has 0 fully saturated rings. The highest BCUT2D eigenvalue weighted by atomic mass is 35.5. The molecule has 120 valence electrons. The molecule has 0 aliphatic rings. The van der Waals surface area contributed by atoms with E-state index in [4.69, 9.17) is 16.3 Å². The lowest BCUT2D eigenvalue weighted by molar-refractivity contribution is -0.119. The largest absolute Gasteiger partial charge is 0.375 e. The van der Waals surface area contributed by atoms with Gasteiger partial charge in [0.05, 0.1) is 5.56 Å². The summed E-state index contributed by atoms with van der Waals surface area (Å²) in [6.45, 7) is -0.0491. The van der Waals surface area contributed by atoms with Gasteiger partial charge in [-0.25, -0.2) is 4.39 Å². The number of methoxy groups -OCH3 is 1. The van der Waals surface area contributed by atoms with Crippen LogP contribution in [0.5, 0.6) is 0 Å². The number of benzene rings is 2. The zero-order valence-corrected chi connectivity index (χ0v) is 13.0. The molecule has 0 aliphatic carbocycles. The van der Waals surface area contributed by atoms with Crippen molar-refractivity contribution in [3.05, 3.63) is 58.9 Å². The van der Waals surface area contributed by atoms with Crippen molar-refractivity contribution < 1.29 is 18.7 Å². The standard InChI is InChI=1S/C16H14ClFN2O3/c1-23-9-15(21)19-11-3-5-12(6-4-11)20-16(22)13-8-10(17)2-7-14(13)18/h2-8H,9H2,1H3,(H,19,21)(H,20,22). The number of nitrogens with one attached hydrogen (secondary N) is 2. The Labute approximate surface area is 137 Å². The van der Waals surface area contributed by atoms with Crippen LogP contribution in [-0.4, -0.2) is 25.5 Å². The van der Waals surface area contributed by atoms with E-state index in [-0.39, 0.29) is 23.1 Å². The number of anilines is 2. The molecule has 0 saturated carbocycles. The quantitative estimate of drug-likeness (QED) is 0.880. The van der Waals surface area contributed by atoms with Crippen molar-refractivity contribution in [1.82, 2.24) is 0 Å². The van der Waals surface area contributed by atoms with E-state index in [1.54, 1.807) is 24.3 Å². The van der Waals surface area contributed by atoms with E-state index in [0.29, 0.717) is 11.4 Å². The van der Waals surface area contributed by atoms with Crippen LogP contribution in [-0.2, 0) is 9.53 Å². The molecule has 0 atom stereocenters. The van der Waals surface area contributed by atoms with E-state index in [9.17, 15) is 14.0 Å². The molecular weight excluding hydrogens is 323 g/mol. The molecule has 0 heterocycles. The lowest BCUT2D eigenvalue weighted by atomic mass is 10.2. The first-order chi connectivity index (χ1) is 11.0. The topological polar surface area (TPSA) is 67.4 Å². The summed E-state index contributed by atoms with van der Waals surface area (Å²) in [6.07, 6.45) is 0. The number of amides is 2. The van der Waals surface area contributed by atoms with E-state index < -0.39 is 11.7 Å². The third kappa shape index (κ3) is 4.77. The Morgan fingerprint density at radius 1 is 1.09 bits per heavy atom. The van der Waals surface area contributed by atoms with Gasteiger partial charge in [-0.1, -0.05) is 11.6 Å². The number of halogens is 2. The zero-order valence-electron chi connectivity index (χ0n) is 12.2. The molecule has 0 bridgehead atoms. The Balaban J connectivity index is 2.04. The third-order valence-electron chi connectivity index (χ3n) is 2.87. The van der Waals surface area contributed by atoms with Gasteiger partial charge in [0.1, 0.15) is 12.4 Å². The van der Waals surface area contributed by atoms with Gasteiger partial charge in [-0.3, -0.25) is 9.59 Å². The monoisotopic (exact) mass is 336 g/mol. The number of ether oxygens (including phenoxy) is 1. The Kier molecular flexibility index (Phi) is 5.67. The summed E-state index contributed by atoms with van der Waals surface area (Å²) in [5.41, 5.74) is 0.869. The number of carbonyl (C=O) groups excluding carboxylic acids is 2. The van der Waals surface area contributed by atoms with Crippen LogP contribution in [0.1, 0.15) is 10.4 Å². The summed E-state index contributed by atoms with van der Waals surface area (Å²) < 4.78 is 18.3. The fourth-order valence-corrected chi connectivity index (χ4v) is 2.01. The van der Waals surface area contributed by atoms with Gasteiger partial charge < -0.3 is 15.4 Å². The van der Waals surface area contributed by atoms with Crippen molar-refractivity contribution in [3.63, 3.8) is 0 Å². The van der Waals surface area contributed by atoms with Crippen molar-refractivity contribution in [3.8, 4) is 0 Å². The van der Waals surface area contributed by atoms with Crippen LogP contribution in [0.4, 0.5) is 15.8 Å². The summed E-state index contributed by atoms with van der Waals surface area (Å²) in [4.78, 5) is 23.4. The van der Waals surface area contributed by atoms with Crippen LogP contribution in [0.25, 0.3) is 0 Å². The zero-order chi connectivity index (χ0) is 16.8. The highest BCUT2D eigenvalue weighted by molar-refractivity contribution is 6.31. The van der Waals surface area contributed by atoms with Crippen molar-refractivity contribution >= 4 is 34.8 Å². The first-order valence-corrected chi connectivity index (χ1v) is 7.02. The van der Waals surface area contributed by atoms with Crippen LogP contribution >= 0.6 is 11.6 Å². The van der Waals surface area contributed by atoms with E-state index in [2.05, 4.69) is 10.6 Å². The average Bonchev–Trinajstić information content (AvgIpc) is 2.52. The highest BCUT2D eigenvalue weighted by Gasteiger charge is 2.12. The molecule has 0 spiro atoms. The molecule has 0 aliphatic heterocycles. The highest BCUT2D eigenvalue weighted by Crippen LogP contribution is 2.18.